The maximum Gasteiger partial charge on any atom is 0.573 e. The number of rotatable bonds is 3. The second-order valence-electron chi connectivity index (χ2n) is 3.22. The Bertz CT molecular complexity index is 527. The Morgan fingerprint density at radius 3 is 2.39 bits per heavy atom. The molecule has 2 aromatic rings. The van der Waals surface area contributed by atoms with E-state index in [1.165, 1.54) is 24.3 Å². The Balaban J connectivity index is 2.17. The fourth-order valence-electron chi connectivity index (χ4n) is 1.23. The van der Waals surface area contributed by atoms with Gasteiger partial charge in [0, 0.05) is 5.56 Å². The first-order valence-corrected chi connectivity index (χ1v) is 6.03. The quantitative estimate of drug-likeness (QED) is 0.807. The lowest BCUT2D eigenvalue weighted by Crippen LogP contribution is -2.16. The topological polar surface area (TPSA) is 35.0 Å². The minimum Gasteiger partial charge on any atom is -0.406 e. The molecule has 0 aliphatic rings. The zero-order chi connectivity index (χ0) is 13.2. The van der Waals surface area contributed by atoms with Crippen LogP contribution in [0.4, 0.5) is 13.2 Å². The van der Waals surface area contributed by atoms with Gasteiger partial charge in [-0.15, -0.1) is 24.8 Å². The van der Waals surface area contributed by atoms with E-state index in [1.54, 1.807) is 0 Å². The van der Waals surface area contributed by atoms with Crippen LogP contribution < -0.4 is 4.74 Å². The van der Waals surface area contributed by atoms with Gasteiger partial charge < -0.3 is 4.74 Å². The molecule has 0 amide bonds. The third kappa shape index (κ3) is 3.33. The number of hydrogen-bond acceptors (Lipinski definition) is 4. The number of ether oxygens (including phenoxy) is 1. The molecule has 1 heterocycles. The second kappa shape index (κ2) is 5.11. The Morgan fingerprint density at radius 2 is 1.89 bits per heavy atom. The molecule has 2 rings (SSSR count). The molecule has 1 aromatic heterocycles. The third-order valence-corrected chi connectivity index (χ3v) is 3.05. The van der Waals surface area contributed by atoms with Crippen LogP contribution in [0.2, 0.25) is 0 Å². The predicted octanol–water partition coefficient (Wildman–Crippen LogP) is 3.84. The van der Waals surface area contributed by atoms with Crippen molar-refractivity contribution in [2.75, 3.05) is 0 Å². The van der Waals surface area contributed by atoms with Crippen molar-refractivity contribution in [1.82, 2.24) is 9.36 Å². The van der Waals surface area contributed by atoms with Crippen LogP contribution in [0.5, 0.6) is 5.75 Å². The first kappa shape index (κ1) is 13.1. The average Bonchev–Trinajstić information content (AvgIpc) is 2.76. The van der Waals surface area contributed by atoms with Crippen LogP contribution in [0.15, 0.2) is 24.3 Å². The highest BCUT2D eigenvalue weighted by atomic mass is 35.5. The normalized spacial score (nSPS) is 11.6. The summed E-state index contributed by atoms with van der Waals surface area (Å²) in [5.41, 5.74) is 0.608. The summed E-state index contributed by atoms with van der Waals surface area (Å²) in [6, 6.07) is 5.34. The largest absolute Gasteiger partial charge is 0.573 e. The molecule has 1 aromatic carbocycles. The molecular formula is C10H6ClF3N2OS. The lowest BCUT2D eigenvalue weighted by molar-refractivity contribution is -0.274. The van der Waals surface area contributed by atoms with Gasteiger partial charge in [0.2, 0.25) is 0 Å². The van der Waals surface area contributed by atoms with Crippen molar-refractivity contribution >= 4 is 23.1 Å². The summed E-state index contributed by atoms with van der Waals surface area (Å²) >= 11 is 6.74. The van der Waals surface area contributed by atoms with Gasteiger partial charge in [-0.3, -0.25) is 0 Å². The van der Waals surface area contributed by atoms with Crippen molar-refractivity contribution < 1.29 is 17.9 Å². The Labute approximate surface area is 109 Å². The van der Waals surface area contributed by atoms with Crippen LogP contribution in [0.1, 0.15) is 5.01 Å². The van der Waals surface area contributed by atoms with Gasteiger partial charge in [-0.25, -0.2) is 4.98 Å². The van der Waals surface area contributed by atoms with Crippen LogP contribution >= 0.6 is 23.1 Å². The highest BCUT2D eigenvalue weighted by Crippen LogP contribution is 2.26. The van der Waals surface area contributed by atoms with Gasteiger partial charge in [-0.1, -0.05) is 0 Å². The average molecular weight is 295 g/mol. The molecule has 3 nitrogen and oxygen atoms in total. The molecule has 96 valence electrons. The van der Waals surface area contributed by atoms with Crippen molar-refractivity contribution in [2.45, 2.75) is 12.2 Å². The summed E-state index contributed by atoms with van der Waals surface area (Å²) in [6.45, 7) is 0. The number of hydrogen-bond donors (Lipinski definition) is 0. The zero-order valence-corrected chi connectivity index (χ0v) is 10.3. The summed E-state index contributed by atoms with van der Waals surface area (Å²) in [5.74, 6) is 0.417. The smallest absolute Gasteiger partial charge is 0.406 e. The first-order valence-electron chi connectivity index (χ1n) is 4.72. The molecule has 0 aliphatic heterocycles. The molecule has 0 fully saturated rings. The lowest BCUT2D eigenvalue weighted by Gasteiger charge is -2.08. The fraction of sp³-hybridized carbons (Fsp3) is 0.200. The van der Waals surface area contributed by atoms with Gasteiger partial charge in [0.25, 0.3) is 0 Å². The number of halogens is 4. The van der Waals surface area contributed by atoms with Crippen molar-refractivity contribution in [1.29, 1.82) is 0 Å². The van der Waals surface area contributed by atoms with E-state index < -0.39 is 6.36 Å². The van der Waals surface area contributed by atoms with E-state index in [-0.39, 0.29) is 11.6 Å². The van der Waals surface area contributed by atoms with Crippen molar-refractivity contribution in [3.8, 4) is 17.1 Å². The molecule has 18 heavy (non-hydrogen) atoms. The van der Waals surface area contributed by atoms with E-state index in [2.05, 4.69) is 14.1 Å². The minimum absolute atomic E-state index is 0.257. The van der Waals surface area contributed by atoms with Crippen LogP contribution in [0, 0.1) is 0 Å². The maximum atomic E-state index is 12.0. The van der Waals surface area contributed by atoms with E-state index in [9.17, 15) is 13.2 Å². The lowest BCUT2D eigenvalue weighted by atomic mass is 10.2. The molecule has 0 saturated carbocycles. The van der Waals surface area contributed by atoms with Gasteiger partial charge in [0.15, 0.2) is 5.82 Å². The highest BCUT2D eigenvalue weighted by Gasteiger charge is 2.30. The third-order valence-electron chi connectivity index (χ3n) is 1.93. The van der Waals surface area contributed by atoms with Crippen molar-refractivity contribution in [3.63, 3.8) is 0 Å². The van der Waals surface area contributed by atoms with Crippen molar-refractivity contribution in [3.05, 3.63) is 29.3 Å². The molecule has 8 heteroatoms. The van der Waals surface area contributed by atoms with Gasteiger partial charge in [0.05, 0.1) is 5.88 Å². The van der Waals surface area contributed by atoms with Crippen LogP contribution in [0.25, 0.3) is 11.4 Å². The van der Waals surface area contributed by atoms with E-state index in [1.807, 2.05) is 0 Å². The molecule has 0 N–H and O–H groups in total. The number of benzene rings is 1. The zero-order valence-electron chi connectivity index (χ0n) is 8.74. The molecule has 0 spiro atoms. The van der Waals surface area contributed by atoms with Crippen LogP contribution in [-0.4, -0.2) is 15.7 Å². The summed E-state index contributed by atoms with van der Waals surface area (Å²) in [6.07, 6.45) is -4.69. The molecule has 0 atom stereocenters. The van der Waals surface area contributed by atoms with Gasteiger partial charge in [0.1, 0.15) is 10.8 Å². The SMILES string of the molecule is FC(F)(F)Oc1ccc(-c2nsc(CCl)n2)cc1. The van der Waals surface area contributed by atoms with E-state index >= 15 is 0 Å². The summed E-state index contributed by atoms with van der Waals surface area (Å²) in [7, 11) is 0. The Morgan fingerprint density at radius 1 is 1.22 bits per heavy atom. The van der Waals surface area contributed by atoms with Gasteiger partial charge in [-0.2, -0.15) is 4.37 Å². The van der Waals surface area contributed by atoms with E-state index in [4.69, 9.17) is 11.6 Å². The monoisotopic (exact) mass is 294 g/mol. The predicted molar refractivity (Wildman–Crippen MR) is 61.6 cm³/mol. The fourth-order valence-corrected chi connectivity index (χ4v) is 1.95. The first-order chi connectivity index (χ1) is 8.48. The molecule has 0 aliphatic carbocycles. The molecule has 0 radical (unpaired) electrons. The Hall–Kier alpha value is -1.34. The summed E-state index contributed by atoms with van der Waals surface area (Å²) in [5, 5.41) is 0.655. The van der Waals surface area contributed by atoms with E-state index in [0.717, 1.165) is 11.5 Å². The van der Waals surface area contributed by atoms with E-state index in [0.29, 0.717) is 16.4 Å². The van der Waals surface area contributed by atoms with Gasteiger partial charge in [-0.05, 0) is 35.8 Å². The Kier molecular flexibility index (Phi) is 3.72. The standard InChI is InChI=1S/C10H6ClF3N2OS/c11-5-8-15-9(16-18-8)6-1-3-7(4-2-6)17-10(12,13)14/h1-4H,5H2. The highest BCUT2D eigenvalue weighted by molar-refractivity contribution is 7.05. The molecule has 0 unspecified atom stereocenters. The second-order valence-corrected chi connectivity index (χ2v) is 4.32. The number of aromatic nitrogens is 2. The number of nitrogens with zero attached hydrogens (tertiary/aromatic N) is 2. The summed E-state index contributed by atoms with van der Waals surface area (Å²) < 4.78 is 43.7. The van der Waals surface area contributed by atoms with Crippen molar-refractivity contribution in [2.24, 2.45) is 0 Å². The van der Waals surface area contributed by atoms with Crippen LogP contribution in [-0.2, 0) is 5.88 Å². The maximum absolute atomic E-state index is 12.0. The van der Waals surface area contributed by atoms with Gasteiger partial charge >= 0.3 is 6.36 Å². The minimum atomic E-state index is -4.69. The number of alkyl halides is 4. The molecule has 0 saturated heterocycles. The summed E-state index contributed by atoms with van der Waals surface area (Å²) in [4.78, 5) is 4.12. The molecular weight excluding hydrogens is 289 g/mol. The van der Waals surface area contributed by atoms with Crippen LogP contribution in [0.3, 0.4) is 0 Å². The molecule has 0 bridgehead atoms.